The van der Waals surface area contributed by atoms with E-state index in [0.717, 1.165) is 21.9 Å². The van der Waals surface area contributed by atoms with Crippen molar-refractivity contribution in [2.24, 2.45) is 0 Å². The second-order valence-corrected chi connectivity index (χ2v) is 5.80. The van der Waals surface area contributed by atoms with E-state index < -0.39 is 5.97 Å². The first kappa shape index (κ1) is 16.0. The molecule has 4 nitrogen and oxygen atoms in total. The van der Waals surface area contributed by atoms with Crippen molar-refractivity contribution in [3.63, 3.8) is 0 Å². The molecule has 0 aromatic heterocycles. The zero-order valence-corrected chi connectivity index (χ0v) is 13.7. The molecule has 122 valence electrons. The maximum atomic E-state index is 12.1. The minimum atomic E-state index is -0.461. The van der Waals surface area contributed by atoms with Crippen LogP contribution in [0.2, 0.25) is 0 Å². The Morgan fingerprint density at radius 3 is 1.88 bits per heavy atom. The molecule has 0 saturated carbocycles. The standard InChI is InChI=1S/C20H18O4/c1-12(2)20(22)24-19-16-10-6-4-8-14(16)18(23-13(3)21)15-9-5-7-11-17(15)19/h4-8,10H,1,9,11H2,2-3H3. The van der Waals surface area contributed by atoms with Gasteiger partial charge in [-0.05, 0) is 19.8 Å². The Morgan fingerprint density at radius 1 is 0.917 bits per heavy atom. The molecule has 0 bridgehead atoms. The van der Waals surface area contributed by atoms with Crippen LogP contribution in [0.4, 0.5) is 0 Å². The zero-order chi connectivity index (χ0) is 17.3. The van der Waals surface area contributed by atoms with E-state index in [9.17, 15) is 9.59 Å². The van der Waals surface area contributed by atoms with Gasteiger partial charge in [0.1, 0.15) is 11.5 Å². The van der Waals surface area contributed by atoms with Gasteiger partial charge >= 0.3 is 11.9 Å². The monoisotopic (exact) mass is 322 g/mol. The number of benzene rings is 2. The Morgan fingerprint density at radius 2 is 1.42 bits per heavy atom. The molecule has 0 amide bonds. The van der Waals surface area contributed by atoms with Crippen LogP contribution < -0.4 is 9.47 Å². The highest BCUT2D eigenvalue weighted by Gasteiger charge is 2.24. The minimum absolute atomic E-state index is 0.336. The van der Waals surface area contributed by atoms with Crippen LogP contribution in [-0.4, -0.2) is 11.9 Å². The second-order valence-electron chi connectivity index (χ2n) is 5.80. The van der Waals surface area contributed by atoms with Crippen LogP contribution >= 0.6 is 0 Å². The normalized spacial score (nSPS) is 12.6. The molecule has 0 unspecified atom stereocenters. The molecule has 2 aromatic rings. The lowest BCUT2D eigenvalue weighted by atomic mass is 9.90. The van der Waals surface area contributed by atoms with Gasteiger partial charge < -0.3 is 9.47 Å². The van der Waals surface area contributed by atoms with Crippen LogP contribution in [0, 0.1) is 0 Å². The summed E-state index contributed by atoms with van der Waals surface area (Å²) < 4.78 is 11.1. The van der Waals surface area contributed by atoms with Crippen molar-refractivity contribution >= 4 is 22.7 Å². The number of hydrogen-bond donors (Lipinski definition) is 0. The van der Waals surface area contributed by atoms with Crippen molar-refractivity contribution in [3.8, 4) is 11.5 Å². The topological polar surface area (TPSA) is 52.6 Å². The lowest BCUT2D eigenvalue weighted by Gasteiger charge is -2.22. The SMILES string of the molecule is C=C(C)C(=O)Oc1c2c(c(OC(C)=O)c3ccccc13)CC=CC2. The number of rotatable bonds is 3. The molecule has 1 aliphatic rings. The summed E-state index contributed by atoms with van der Waals surface area (Å²) in [4.78, 5) is 23.6. The Kier molecular flexibility index (Phi) is 4.21. The molecular formula is C20H18O4. The van der Waals surface area contributed by atoms with Crippen molar-refractivity contribution in [3.05, 3.63) is 59.7 Å². The molecular weight excluding hydrogens is 304 g/mol. The van der Waals surface area contributed by atoms with Crippen molar-refractivity contribution in [1.82, 2.24) is 0 Å². The fourth-order valence-corrected chi connectivity index (χ4v) is 2.87. The molecule has 24 heavy (non-hydrogen) atoms. The number of fused-ring (bicyclic) bond motifs is 2. The quantitative estimate of drug-likeness (QED) is 0.372. The largest absolute Gasteiger partial charge is 0.426 e. The number of ether oxygens (including phenoxy) is 2. The van der Waals surface area contributed by atoms with Crippen molar-refractivity contribution < 1.29 is 19.1 Å². The van der Waals surface area contributed by atoms with Gasteiger partial charge in [0.2, 0.25) is 0 Å². The number of carbonyl (C=O) groups excluding carboxylic acids is 2. The number of carbonyl (C=O) groups is 2. The summed E-state index contributed by atoms with van der Waals surface area (Å²) in [7, 11) is 0. The Bertz CT molecular complexity index is 890. The van der Waals surface area contributed by atoms with E-state index in [0.29, 0.717) is 29.9 Å². The van der Waals surface area contributed by atoms with Gasteiger partial charge in [0.05, 0.1) is 0 Å². The Labute approximate surface area is 140 Å². The zero-order valence-electron chi connectivity index (χ0n) is 13.7. The molecule has 0 spiro atoms. The molecule has 0 N–H and O–H groups in total. The fourth-order valence-electron chi connectivity index (χ4n) is 2.87. The molecule has 0 atom stereocenters. The minimum Gasteiger partial charge on any atom is -0.426 e. The Balaban J connectivity index is 2.30. The van der Waals surface area contributed by atoms with Crippen LogP contribution in [0.5, 0.6) is 11.5 Å². The first-order valence-electron chi connectivity index (χ1n) is 7.76. The van der Waals surface area contributed by atoms with Gasteiger partial charge in [-0.2, -0.15) is 0 Å². The van der Waals surface area contributed by atoms with Crippen LogP contribution in [-0.2, 0) is 22.4 Å². The number of allylic oxidation sites excluding steroid dienone is 2. The average molecular weight is 322 g/mol. The summed E-state index contributed by atoms with van der Waals surface area (Å²) >= 11 is 0. The lowest BCUT2D eigenvalue weighted by molar-refractivity contribution is -0.132. The first-order chi connectivity index (χ1) is 11.5. The molecule has 0 radical (unpaired) electrons. The number of hydrogen-bond acceptors (Lipinski definition) is 4. The summed E-state index contributed by atoms with van der Waals surface area (Å²) in [6.07, 6.45) is 5.29. The van der Waals surface area contributed by atoms with Gasteiger partial charge in [-0.25, -0.2) is 4.79 Å². The van der Waals surface area contributed by atoms with E-state index >= 15 is 0 Å². The summed E-state index contributed by atoms with van der Waals surface area (Å²) in [6.45, 7) is 6.64. The second kappa shape index (κ2) is 6.32. The van der Waals surface area contributed by atoms with Gasteiger partial charge in [0, 0.05) is 34.4 Å². The van der Waals surface area contributed by atoms with Gasteiger partial charge in [-0.15, -0.1) is 0 Å². The van der Waals surface area contributed by atoms with Crippen molar-refractivity contribution in [2.75, 3.05) is 0 Å². The molecule has 0 saturated heterocycles. The van der Waals surface area contributed by atoms with Crippen LogP contribution in [0.15, 0.2) is 48.6 Å². The first-order valence-corrected chi connectivity index (χ1v) is 7.76. The van der Waals surface area contributed by atoms with E-state index in [-0.39, 0.29) is 5.97 Å². The van der Waals surface area contributed by atoms with E-state index in [1.165, 1.54) is 6.92 Å². The number of esters is 2. The highest BCUT2D eigenvalue weighted by atomic mass is 16.5. The molecule has 0 fully saturated rings. The average Bonchev–Trinajstić information content (AvgIpc) is 2.57. The summed E-state index contributed by atoms with van der Waals surface area (Å²) in [5.74, 6) is 0.238. The van der Waals surface area contributed by atoms with Gasteiger partial charge in [0.15, 0.2) is 0 Å². The summed E-state index contributed by atoms with van der Waals surface area (Å²) in [6, 6.07) is 7.46. The van der Waals surface area contributed by atoms with E-state index in [1.807, 2.05) is 36.4 Å². The van der Waals surface area contributed by atoms with Gasteiger partial charge in [-0.3, -0.25) is 4.79 Å². The van der Waals surface area contributed by atoms with Crippen LogP contribution in [0.25, 0.3) is 10.8 Å². The fraction of sp³-hybridized carbons (Fsp3) is 0.200. The summed E-state index contributed by atoms with van der Waals surface area (Å²) in [5.41, 5.74) is 2.10. The van der Waals surface area contributed by atoms with Crippen molar-refractivity contribution in [2.45, 2.75) is 26.7 Å². The van der Waals surface area contributed by atoms with E-state index in [4.69, 9.17) is 9.47 Å². The third-order valence-electron chi connectivity index (χ3n) is 3.93. The molecule has 1 aliphatic carbocycles. The summed E-state index contributed by atoms with van der Waals surface area (Å²) in [5, 5.41) is 1.50. The third kappa shape index (κ3) is 2.83. The predicted molar refractivity (Wildman–Crippen MR) is 92.3 cm³/mol. The highest BCUT2D eigenvalue weighted by molar-refractivity contribution is 6.00. The van der Waals surface area contributed by atoms with Crippen molar-refractivity contribution in [1.29, 1.82) is 0 Å². The predicted octanol–water partition coefficient (Wildman–Crippen LogP) is 3.90. The van der Waals surface area contributed by atoms with Gasteiger partial charge in [0.25, 0.3) is 0 Å². The third-order valence-corrected chi connectivity index (χ3v) is 3.93. The molecule has 3 rings (SSSR count). The van der Waals surface area contributed by atoms with Gasteiger partial charge in [-0.1, -0.05) is 43.0 Å². The maximum Gasteiger partial charge on any atom is 0.338 e. The molecule has 4 heteroatoms. The van der Waals surface area contributed by atoms with Crippen LogP contribution in [0.1, 0.15) is 25.0 Å². The molecule has 2 aromatic carbocycles. The Hall–Kier alpha value is -2.88. The van der Waals surface area contributed by atoms with E-state index in [1.54, 1.807) is 6.92 Å². The smallest absolute Gasteiger partial charge is 0.338 e. The maximum absolute atomic E-state index is 12.1. The highest BCUT2D eigenvalue weighted by Crippen LogP contribution is 2.43. The van der Waals surface area contributed by atoms with Crippen LogP contribution in [0.3, 0.4) is 0 Å². The lowest BCUT2D eigenvalue weighted by Crippen LogP contribution is -2.14. The molecule has 0 heterocycles. The van der Waals surface area contributed by atoms with E-state index in [2.05, 4.69) is 6.58 Å². The molecule has 0 aliphatic heterocycles.